The first-order chi connectivity index (χ1) is 25.8. The lowest BCUT2D eigenvalue weighted by Crippen LogP contribution is -2.28. The summed E-state index contributed by atoms with van der Waals surface area (Å²) in [5, 5.41) is 4.67. The molecule has 0 atom stereocenters. The van der Waals surface area contributed by atoms with E-state index < -0.39 is 0 Å². The number of ether oxygens (including phenoxy) is 2. The Kier molecular flexibility index (Phi) is 11.1. The van der Waals surface area contributed by atoms with E-state index >= 15 is 0 Å². The van der Waals surface area contributed by atoms with Crippen molar-refractivity contribution in [2.45, 2.75) is 33.6 Å². The topological polar surface area (TPSA) is 171 Å². The van der Waals surface area contributed by atoms with Crippen molar-refractivity contribution in [1.82, 2.24) is 29.4 Å². The molecule has 0 saturated heterocycles. The van der Waals surface area contributed by atoms with Gasteiger partial charge in [-0.15, -0.1) is 9.46 Å². The minimum atomic E-state index is -0.353. The minimum Gasteiger partial charge on any atom is -0.497 e. The van der Waals surface area contributed by atoms with Gasteiger partial charge in [0, 0.05) is 30.3 Å². The molecule has 0 aliphatic rings. The zero-order valence-corrected chi connectivity index (χ0v) is 29.6. The Morgan fingerprint density at radius 3 is 1.77 bits per heavy atom. The Bertz CT molecular complexity index is 2470. The molecule has 0 unspecified atom stereocenters. The molecule has 7 aromatic rings. The Labute approximate surface area is 304 Å². The van der Waals surface area contributed by atoms with Gasteiger partial charge in [0.15, 0.2) is 11.3 Å². The standard InChI is InChI=1S/C24H24N4O4.C15H14N4O2/c1-16-23-20(25-13-18-9-10-19(30-2)11-21(18)31-3)12-22(29)28(24(23)27-15-26-16)32-14-17-7-5-4-6-8-17;1-10-14-12(16)7-13(20)19(15(14)18-9-17-10)21-8-11-5-3-2-4-6-11/h4-12,15,25H,13-14H2,1-3H3;2-7,9H,8,16H2,1H3. The summed E-state index contributed by atoms with van der Waals surface area (Å²) in [7, 11) is 3.22. The number of methoxy groups -OCH3 is 2. The zero-order chi connectivity index (χ0) is 37.3. The summed E-state index contributed by atoms with van der Waals surface area (Å²) >= 11 is 0. The van der Waals surface area contributed by atoms with Gasteiger partial charge in [0.05, 0.1) is 47.8 Å². The molecule has 0 spiro atoms. The Hall–Kier alpha value is -6.96. The number of pyridine rings is 2. The molecule has 3 aromatic carbocycles. The molecule has 4 aromatic heterocycles. The Balaban J connectivity index is 0.000000198. The van der Waals surface area contributed by atoms with Crippen LogP contribution in [0.2, 0.25) is 0 Å². The number of nitrogens with zero attached hydrogens (tertiary/aromatic N) is 6. The summed E-state index contributed by atoms with van der Waals surface area (Å²) in [5.41, 5.74) is 11.2. The van der Waals surface area contributed by atoms with Crippen LogP contribution in [0.3, 0.4) is 0 Å². The number of aromatic nitrogens is 6. The Morgan fingerprint density at radius 2 is 1.21 bits per heavy atom. The van der Waals surface area contributed by atoms with E-state index in [1.165, 1.54) is 29.5 Å². The van der Waals surface area contributed by atoms with E-state index in [0.29, 0.717) is 57.2 Å². The third-order valence-corrected chi connectivity index (χ3v) is 8.29. The number of nitrogens with one attached hydrogen (secondary N) is 1. The van der Waals surface area contributed by atoms with Crippen molar-refractivity contribution in [2.24, 2.45) is 0 Å². The molecule has 53 heavy (non-hydrogen) atoms. The Morgan fingerprint density at radius 1 is 0.660 bits per heavy atom. The second-order valence-corrected chi connectivity index (χ2v) is 11.8. The van der Waals surface area contributed by atoms with E-state index in [0.717, 1.165) is 27.1 Å². The summed E-state index contributed by atoms with van der Waals surface area (Å²) < 4.78 is 13.1. The quantitative estimate of drug-likeness (QED) is 0.190. The van der Waals surface area contributed by atoms with Gasteiger partial charge in [-0.05, 0) is 37.1 Å². The first-order valence-corrected chi connectivity index (χ1v) is 16.6. The number of nitrogen functional groups attached to an aromatic ring is 1. The van der Waals surface area contributed by atoms with Gasteiger partial charge in [0.25, 0.3) is 11.1 Å². The van der Waals surface area contributed by atoms with Crippen molar-refractivity contribution >= 4 is 33.4 Å². The second kappa shape index (κ2) is 16.4. The number of rotatable bonds is 11. The van der Waals surface area contributed by atoms with Crippen LogP contribution in [-0.2, 0) is 19.8 Å². The average Bonchev–Trinajstić information content (AvgIpc) is 3.17. The summed E-state index contributed by atoms with van der Waals surface area (Å²) in [6.45, 7) is 4.63. The van der Waals surface area contributed by atoms with Gasteiger partial charge >= 0.3 is 0 Å². The van der Waals surface area contributed by atoms with Crippen molar-refractivity contribution in [1.29, 1.82) is 0 Å². The van der Waals surface area contributed by atoms with Gasteiger partial charge in [-0.25, -0.2) is 19.9 Å². The van der Waals surface area contributed by atoms with Crippen LogP contribution in [0.5, 0.6) is 11.5 Å². The molecule has 14 nitrogen and oxygen atoms in total. The van der Waals surface area contributed by atoms with E-state index in [1.54, 1.807) is 14.2 Å². The molecule has 270 valence electrons. The number of nitrogens with two attached hydrogens (primary N) is 1. The van der Waals surface area contributed by atoms with E-state index in [9.17, 15) is 9.59 Å². The number of benzene rings is 3. The van der Waals surface area contributed by atoms with Crippen molar-refractivity contribution in [3.63, 3.8) is 0 Å². The van der Waals surface area contributed by atoms with Gasteiger partial charge in [-0.2, -0.15) is 0 Å². The lowest BCUT2D eigenvalue weighted by molar-refractivity contribution is 0.0979. The van der Waals surface area contributed by atoms with Crippen LogP contribution in [-0.4, -0.2) is 43.6 Å². The van der Waals surface area contributed by atoms with Gasteiger partial charge < -0.3 is 30.2 Å². The summed E-state index contributed by atoms with van der Waals surface area (Å²) in [6, 6.07) is 27.7. The van der Waals surface area contributed by atoms with Crippen molar-refractivity contribution < 1.29 is 19.1 Å². The lowest BCUT2D eigenvalue weighted by Gasteiger charge is -2.16. The highest BCUT2D eigenvalue weighted by atomic mass is 16.7. The molecule has 0 aliphatic heterocycles. The molecule has 0 saturated carbocycles. The maximum atomic E-state index is 12.9. The van der Waals surface area contributed by atoms with Crippen molar-refractivity contribution in [3.05, 3.63) is 152 Å². The highest BCUT2D eigenvalue weighted by Crippen LogP contribution is 2.27. The lowest BCUT2D eigenvalue weighted by atomic mass is 10.1. The molecular formula is C39H38N8O6. The number of hydrogen-bond acceptors (Lipinski definition) is 12. The fourth-order valence-electron chi connectivity index (χ4n) is 5.61. The molecule has 0 bridgehead atoms. The molecule has 7 rings (SSSR count). The highest BCUT2D eigenvalue weighted by Gasteiger charge is 2.16. The molecular weight excluding hydrogens is 676 g/mol. The van der Waals surface area contributed by atoms with E-state index in [4.69, 9.17) is 24.9 Å². The van der Waals surface area contributed by atoms with Crippen molar-refractivity contribution in [2.75, 3.05) is 25.3 Å². The predicted octanol–water partition coefficient (Wildman–Crippen LogP) is 4.67. The second-order valence-electron chi connectivity index (χ2n) is 11.8. The molecule has 4 heterocycles. The SMILES string of the molecule is COc1ccc(CNc2cc(=O)n(OCc3ccccc3)c3ncnc(C)c23)c(OC)c1.Cc1ncnc2c1c(N)cc(=O)n2OCc1ccccc1. The van der Waals surface area contributed by atoms with Gasteiger partial charge in [-0.1, -0.05) is 60.7 Å². The van der Waals surface area contributed by atoms with Gasteiger partial charge in [0.1, 0.15) is 37.4 Å². The van der Waals surface area contributed by atoms with E-state index in [2.05, 4.69) is 25.3 Å². The van der Waals surface area contributed by atoms with Crippen LogP contribution in [0.15, 0.2) is 113 Å². The van der Waals surface area contributed by atoms with E-state index in [-0.39, 0.29) is 24.3 Å². The third kappa shape index (κ3) is 8.17. The monoisotopic (exact) mass is 714 g/mol. The van der Waals surface area contributed by atoms with E-state index in [1.807, 2.05) is 92.7 Å². The van der Waals surface area contributed by atoms with Crippen LogP contribution in [0.4, 0.5) is 11.4 Å². The summed E-state index contributed by atoms with van der Waals surface area (Å²) in [6.07, 6.45) is 2.81. The predicted molar refractivity (Wildman–Crippen MR) is 202 cm³/mol. The maximum absolute atomic E-state index is 12.9. The maximum Gasteiger partial charge on any atom is 0.287 e. The molecule has 0 aliphatic carbocycles. The fraction of sp³-hybridized carbons (Fsp3) is 0.179. The number of aryl methyl sites for hydroxylation is 2. The first-order valence-electron chi connectivity index (χ1n) is 16.6. The summed E-state index contributed by atoms with van der Waals surface area (Å²) in [5.74, 6) is 1.40. The largest absolute Gasteiger partial charge is 0.497 e. The first kappa shape index (κ1) is 35.9. The average molecular weight is 715 g/mol. The molecule has 14 heteroatoms. The van der Waals surface area contributed by atoms with Crippen molar-refractivity contribution in [3.8, 4) is 11.5 Å². The van der Waals surface area contributed by atoms with Gasteiger partial charge in [0.2, 0.25) is 0 Å². The van der Waals surface area contributed by atoms with Crippen LogP contribution in [0, 0.1) is 13.8 Å². The smallest absolute Gasteiger partial charge is 0.287 e. The zero-order valence-electron chi connectivity index (χ0n) is 29.6. The third-order valence-electron chi connectivity index (χ3n) is 8.29. The van der Waals surface area contributed by atoms with Gasteiger partial charge in [-0.3, -0.25) is 9.59 Å². The molecule has 3 N–H and O–H groups in total. The number of anilines is 2. The van der Waals surface area contributed by atoms with Crippen LogP contribution in [0.25, 0.3) is 22.1 Å². The minimum absolute atomic E-state index is 0.245. The number of fused-ring (bicyclic) bond motifs is 2. The normalized spacial score (nSPS) is 10.7. The van der Waals surface area contributed by atoms with Crippen LogP contribution < -0.4 is 41.3 Å². The highest BCUT2D eigenvalue weighted by molar-refractivity contribution is 5.91. The van der Waals surface area contributed by atoms with Crippen LogP contribution >= 0.6 is 0 Å². The van der Waals surface area contributed by atoms with Crippen LogP contribution in [0.1, 0.15) is 28.1 Å². The summed E-state index contributed by atoms with van der Waals surface area (Å²) in [4.78, 5) is 53.3. The molecule has 0 radical (unpaired) electrons. The molecule has 0 fully saturated rings. The number of hydrogen-bond donors (Lipinski definition) is 2. The molecule has 0 amide bonds. The fourth-order valence-corrected chi connectivity index (χ4v) is 5.61.